The largest absolute Gasteiger partial charge is 0.457 e. The Balaban J connectivity index is 1.65. The first-order valence-electron chi connectivity index (χ1n) is 14.9. The van der Waals surface area contributed by atoms with Gasteiger partial charge in [-0.25, -0.2) is 9.78 Å². The summed E-state index contributed by atoms with van der Waals surface area (Å²) >= 11 is 4.22. The quantitative estimate of drug-likeness (QED) is 0.187. The van der Waals surface area contributed by atoms with E-state index in [1.165, 1.54) is 54.1 Å². The summed E-state index contributed by atoms with van der Waals surface area (Å²) in [6.07, 6.45) is 10.3. The molecule has 232 valence electrons. The van der Waals surface area contributed by atoms with Crippen LogP contribution in [0.15, 0.2) is 22.5 Å². The number of carbonyl (C=O) groups is 4. The zero-order chi connectivity index (χ0) is 30.5. The van der Waals surface area contributed by atoms with Crippen molar-refractivity contribution in [2.75, 3.05) is 11.5 Å². The lowest BCUT2D eigenvalue weighted by atomic mass is 10.0. The first-order valence-corrected chi connectivity index (χ1v) is 17.7. The zero-order valence-corrected chi connectivity index (χ0v) is 27.6. The minimum atomic E-state index is -1.04. The maximum atomic E-state index is 13.3. The molecule has 0 aliphatic carbocycles. The van der Waals surface area contributed by atoms with Crippen molar-refractivity contribution in [3.63, 3.8) is 0 Å². The number of nitrogens with one attached hydrogen (secondary N) is 2. The molecule has 9 nitrogen and oxygen atoms in total. The number of carbonyl (C=O) groups excluding carboxylic acids is 4. The van der Waals surface area contributed by atoms with Crippen LogP contribution >= 0.6 is 34.9 Å². The molecule has 0 aromatic carbocycles. The van der Waals surface area contributed by atoms with Crippen LogP contribution in [0.4, 0.5) is 0 Å². The molecule has 3 atom stereocenters. The molecule has 1 aromatic rings. The van der Waals surface area contributed by atoms with Crippen LogP contribution in [0, 0.1) is 5.92 Å². The molecule has 3 rings (SSSR count). The molecule has 42 heavy (non-hydrogen) atoms. The molecule has 12 heteroatoms. The molecule has 4 bridgehead atoms. The number of hydrogen-bond donors (Lipinski definition) is 2. The van der Waals surface area contributed by atoms with Crippen LogP contribution in [0.1, 0.15) is 96.2 Å². The second-order valence-electron chi connectivity index (χ2n) is 11.2. The van der Waals surface area contributed by atoms with Crippen molar-refractivity contribution in [2.45, 2.75) is 110 Å². The molecular formula is C30H44N4O5S3. The standard InChI is InChI=1S/C30H44N4O5S3/c1-5-6-7-8-9-13-25(36)40-16-11-10-12-21-14-15-23(35)31-17-24-32-22(18-41-24)27-34-30(4,19-42-27)29(38)33-26(20(2)3)28(37)39-21/h10,12,18,20-21,26H,5-9,11,13-17,19H2,1-4H3,(H,31,35)(H,33,38)/b12-10+/t21-,26?,30+/m1/s1. The summed E-state index contributed by atoms with van der Waals surface area (Å²) in [5.74, 6) is -0.195. The summed E-state index contributed by atoms with van der Waals surface area (Å²) in [6, 6.07) is -0.865. The van der Waals surface area contributed by atoms with Crippen LogP contribution in [0.25, 0.3) is 0 Å². The molecule has 1 unspecified atom stereocenters. The molecule has 2 amide bonds. The van der Waals surface area contributed by atoms with E-state index in [9.17, 15) is 19.2 Å². The summed E-state index contributed by atoms with van der Waals surface area (Å²) in [4.78, 5) is 60.7. The van der Waals surface area contributed by atoms with E-state index in [0.29, 0.717) is 48.1 Å². The van der Waals surface area contributed by atoms with Gasteiger partial charge in [0.2, 0.25) is 11.8 Å². The fourth-order valence-corrected chi connectivity index (χ4v) is 7.11. The number of thiazole rings is 1. The van der Waals surface area contributed by atoms with Gasteiger partial charge in [-0.05, 0) is 38.2 Å². The Morgan fingerprint density at radius 3 is 2.79 bits per heavy atom. The number of esters is 1. The van der Waals surface area contributed by atoms with Gasteiger partial charge in [0.25, 0.3) is 0 Å². The van der Waals surface area contributed by atoms with Gasteiger partial charge in [0, 0.05) is 29.7 Å². The molecule has 2 N–H and O–H groups in total. The molecular weight excluding hydrogens is 593 g/mol. The molecule has 0 spiro atoms. The third-order valence-corrected chi connectivity index (χ3v) is 10.1. The van der Waals surface area contributed by atoms with Crippen molar-refractivity contribution < 1.29 is 23.9 Å². The minimum Gasteiger partial charge on any atom is -0.457 e. The minimum absolute atomic E-state index is 0.158. The van der Waals surface area contributed by atoms with Crippen LogP contribution in [0.2, 0.25) is 0 Å². The number of amides is 2. The third kappa shape index (κ3) is 10.8. The molecule has 2 aliphatic heterocycles. The van der Waals surface area contributed by atoms with Gasteiger partial charge in [0.05, 0.1) is 6.54 Å². The molecule has 1 aromatic heterocycles. The van der Waals surface area contributed by atoms with Crippen molar-refractivity contribution in [1.82, 2.24) is 15.6 Å². The van der Waals surface area contributed by atoms with Gasteiger partial charge in [-0.3, -0.25) is 19.4 Å². The topological polar surface area (TPSA) is 127 Å². The van der Waals surface area contributed by atoms with E-state index in [-0.39, 0.29) is 29.3 Å². The number of fused-ring (bicyclic) bond motifs is 4. The van der Waals surface area contributed by atoms with E-state index in [4.69, 9.17) is 4.74 Å². The fourth-order valence-electron chi connectivity index (χ4n) is 4.42. The van der Waals surface area contributed by atoms with Crippen molar-refractivity contribution in [1.29, 1.82) is 0 Å². The summed E-state index contributed by atoms with van der Waals surface area (Å²) in [5.41, 5.74) is -0.351. The molecule has 3 heterocycles. The van der Waals surface area contributed by atoms with E-state index in [0.717, 1.165) is 17.8 Å². The molecule has 0 fully saturated rings. The summed E-state index contributed by atoms with van der Waals surface area (Å²) in [5, 5.41) is 9.29. The van der Waals surface area contributed by atoms with Crippen LogP contribution in [0.5, 0.6) is 0 Å². The van der Waals surface area contributed by atoms with Crippen molar-refractivity contribution in [3.8, 4) is 0 Å². The highest BCUT2D eigenvalue weighted by Crippen LogP contribution is 2.32. The summed E-state index contributed by atoms with van der Waals surface area (Å²) in [6.45, 7) is 7.92. The lowest BCUT2D eigenvalue weighted by molar-refractivity contribution is -0.153. The average Bonchev–Trinajstić information content (AvgIpc) is 3.59. The Morgan fingerprint density at radius 2 is 2.02 bits per heavy atom. The van der Waals surface area contributed by atoms with Gasteiger partial charge < -0.3 is 15.4 Å². The van der Waals surface area contributed by atoms with Crippen molar-refractivity contribution in [2.24, 2.45) is 10.9 Å². The number of allylic oxidation sites excluding steroid dienone is 1. The summed E-state index contributed by atoms with van der Waals surface area (Å²) < 4.78 is 5.85. The van der Waals surface area contributed by atoms with Crippen molar-refractivity contribution >= 4 is 62.8 Å². The number of ether oxygens (including phenoxy) is 1. The highest BCUT2D eigenvalue weighted by atomic mass is 32.2. The van der Waals surface area contributed by atoms with E-state index < -0.39 is 23.7 Å². The van der Waals surface area contributed by atoms with Crippen LogP contribution in [-0.4, -0.2) is 62.1 Å². The lowest BCUT2D eigenvalue weighted by Gasteiger charge is -2.27. The van der Waals surface area contributed by atoms with Gasteiger partial charge in [-0.1, -0.05) is 64.3 Å². The van der Waals surface area contributed by atoms with Gasteiger partial charge >= 0.3 is 5.97 Å². The van der Waals surface area contributed by atoms with E-state index in [1.807, 2.05) is 25.3 Å². The normalized spacial score (nSPS) is 23.8. The van der Waals surface area contributed by atoms with Crippen LogP contribution in [0.3, 0.4) is 0 Å². The molecule has 0 saturated carbocycles. The Kier molecular flexibility index (Phi) is 14.1. The molecule has 2 aliphatic rings. The summed E-state index contributed by atoms with van der Waals surface area (Å²) in [7, 11) is 0. The second-order valence-corrected chi connectivity index (χ2v) is 14.3. The van der Waals surface area contributed by atoms with E-state index >= 15 is 0 Å². The number of hydrogen-bond acceptors (Lipinski definition) is 10. The molecule has 0 saturated heterocycles. The molecule has 0 radical (unpaired) electrons. The number of aromatic nitrogens is 1. The van der Waals surface area contributed by atoms with Gasteiger partial charge in [-0.2, -0.15) is 0 Å². The highest BCUT2D eigenvalue weighted by molar-refractivity contribution is 8.14. The number of nitrogens with zero attached hydrogens (tertiary/aromatic N) is 2. The third-order valence-electron chi connectivity index (χ3n) is 7.05. The monoisotopic (exact) mass is 636 g/mol. The first-order chi connectivity index (χ1) is 20.1. The smallest absolute Gasteiger partial charge is 0.329 e. The number of cyclic esters (lactones) is 1. The Morgan fingerprint density at radius 1 is 1.24 bits per heavy atom. The number of rotatable bonds is 11. The predicted molar refractivity (Wildman–Crippen MR) is 172 cm³/mol. The fraction of sp³-hybridized carbons (Fsp3) is 0.667. The zero-order valence-electron chi connectivity index (χ0n) is 25.1. The number of thioether (sulfide) groups is 2. The SMILES string of the molecule is CCCCCCCC(=O)SCC/C=C/[C@@H]1CCC(=O)NCc2nc(cs2)C2=N[C@@](C)(CS2)C(=O)NC(C(C)C)C(=O)O1. The van der Waals surface area contributed by atoms with Crippen LogP contribution < -0.4 is 10.6 Å². The Hall–Kier alpha value is -2.18. The highest BCUT2D eigenvalue weighted by Gasteiger charge is 2.41. The van der Waals surface area contributed by atoms with Crippen LogP contribution in [-0.2, 0) is 30.5 Å². The first kappa shape index (κ1) is 34.3. The van der Waals surface area contributed by atoms with E-state index in [1.54, 1.807) is 13.0 Å². The van der Waals surface area contributed by atoms with E-state index in [2.05, 4.69) is 27.5 Å². The lowest BCUT2D eigenvalue weighted by Crippen LogP contribution is -2.53. The second kappa shape index (κ2) is 17.2. The predicted octanol–water partition coefficient (Wildman–Crippen LogP) is 5.42. The average molecular weight is 637 g/mol. The Labute approximate surface area is 261 Å². The Bertz CT molecular complexity index is 1150. The number of unbranched alkanes of at least 4 members (excludes halogenated alkanes) is 4. The van der Waals surface area contributed by atoms with Crippen molar-refractivity contribution in [3.05, 3.63) is 28.2 Å². The van der Waals surface area contributed by atoms with Gasteiger partial charge in [0.1, 0.15) is 33.4 Å². The van der Waals surface area contributed by atoms with Gasteiger partial charge in [0.15, 0.2) is 5.12 Å². The number of aliphatic imine (C=N–C) groups is 1. The maximum Gasteiger partial charge on any atom is 0.329 e. The van der Waals surface area contributed by atoms with Gasteiger partial charge in [-0.15, -0.1) is 23.1 Å². The maximum absolute atomic E-state index is 13.3.